The van der Waals surface area contributed by atoms with Crippen LogP contribution in [-0.4, -0.2) is 45.4 Å². The summed E-state index contributed by atoms with van der Waals surface area (Å²) in [6.45, 7) is 5.40. The number of fused-ring (bicyclic) bond motifs is 1. The molecular formula is C17H21N5O5P2. The second-order valence-corrected chi connectivity index (χ2v) is 9.93. The minimum Gasteiger partial charge on any atom is -0.382 e. The summed E-state index contributed by atoms with van der Waals surface area (Å²) < 4.78 is 13.4. The largest absolute Gasteiger partial charge is 0.382 e. The van der Waals surface area contributed by atoms with E-state index in [4.69, 9.17) is 5.73 Å². The third-order valence-corrected chi connectivity index (χ3v) is 7.62. The molecule has 3 unspecified atom stereocenters. The molecule has 0 spiro atoms. The van der Waals surface area contributed by atoms with Crippen molar-refractivity contribution >= 4 is 39.2 Å². The maximum absolute atomic E-state index is 13.6. The Hall–Kier alpha value is -2.22. The van der Waals surface area contributed by atoms with Crippen LogP contribution in [0.2, 0.25) is 0 Å². The Balaban J connectivity index is 2.28. The molecular weight excluding hydrogens is 416 g/mol. The lowest BCUT2D eigenvalue weighted by Crippen LogP contribution is -2.30. The molecule has 5 N–H and O–H groups in total. The lowest BCUT2D eigenvalue weighted by Gasteiger charge is -2.27. The monoisotopic (exact) mass is 437 g/mol. The zero-order valence-corrected chi connectivity index (χ0v) is 17.8. The van der Waals surface area contributed by atoms with Gasteiger partial charge in [-0.05, 0) is 31.9 Å². The number of aromatic nitrogens is 4. The van der Waals surface area contributed by atoms with E-state index in [9.17, 15) is 24.0 Å². The molecule has 0 amide bonds. The van der Waals surface area contributed by atoms with Gasteiger partial charge in [-0.2, -0.15) is 0 Å². The summed E-state index contributed by atoms with van der Waals surface area (Å²) in [5.74, 6) is -0.479. The second-order valence-electron chi connectivity index (χ2n) is 6.83. The number of ketones is 1. The molecule has 3 atom stereocenters. The summed E-state index contributed by atoms with van der Waals surface area (Å²) in [7, 11) is -6.05. The third kappa shape index (κ3) is 3.95. The molecule has 3 aromatic rings. The summed E-state index contributed by atoms with van der Waals surface area (Å²) >= 11 is 0. The molecule has 0 radical (unpaired) electrons. The number of benzene rings is 1. The number of nitrogens with two attached hydrogens (primary N) is 1. The molecule has 2 heterocycles. The number of anilines is 1. The van der Waals surface area contributed by atoms with Crippen molar-refractivity contribution in [2.24, 2.45) is 0 Å². The Morgan fingerprint density at radius 3 is 2.34 bits per heavy atom. The van der Waals surface area contributed by atoms with E-state index >= 15 is 0 Å². The number of aryl methyl sites for hydroxylation is 3. The van der Waals surface area contributed by atoms with Crippen LogP contribution in [0.1, 0.15) is 33.1 Å². The number of carbonyl (C=O) groups excluding carboxylic acids is 1. The fraction of sp³-hybridized carbons (Fsp3) is 0.294. The summed E-state index contributed by atoms with van der Waals surface area (Å²) in [6.07, 6.45) is 2.41. The molecule has 0 aliphatic heterocycles. The lowest BCUT2D eigenvalue weighted by atomic mass is 9.93. The van der Waals surface area contributed by atoms with E-state index in [1.807, 2.05) is 19.1 Å². The summed E-state index contributed by atoms with van der Waals surface area (Å²) in [6, 6.07) is 2.20. The minimum absolute atomic E-state index is 0.0711. The molecule has 12 heteroatoms. The Bertz CT molecular complexity index is 1120. The van der Waals surface area contributed by atoms with Crippen LogP contribution in [0.15, 0.2) is 24.8 Å². The number of hydrogen-bond donors (Lipinski definition) is 4. The van der Waals surface area contributed by atoms with E-state index in [1.54, 1.807) is 13.8 Å². The molecule has 3 rings (SSSR count). The van der Waals surface area contributed by atoms with Gasteiger partial charge in [0.25, 0.3) is 0 Å². The van der Waals surface area contributed by atoms with Crippen LogP contribution in [-0.2, 0) is 4.57 Å². The van der Waals surface area contributed by atoms with Crippen LogP contribution in [0.4, 0.5) is 5.82 Å². The van der Waals surface area contributed by atoms with Gasteiger partial charge in [-0.1, -0.05) is 17.7 Å². The third-order valence-electron chi connectivity index (χ3n) is 4.67. The Labute approximate surface area is 168 Å². The number of imidazole rings is 1. The van der Waals surface area contributed by atoms with Crippen molar-refractivity contribution < 1.29 is 24.0 Å². The summed E-state index contributed by atoms with van der Waals surface area (Å²) in [5, 5.41) is -1.66. The molecule has 0 saturated carbocycles. The standard InChI is InChI=1S/C17H21N5O5P2/c1-8-4-9(2)11(10(3)5-8)14(23)13(17(28-24)29(25,26)27)22-7-21-12-15(18)19-6-20-16(12)22/h4-7,13,17,24,28H,1-3H3,(H2,18,19,20)(H2,25,26,27). The fourth-order valence-corrected chi connectivity index (χ4v) is 5.24. The van der Waals surface area contributed by atoms with Gasteiger partial charge in [0.15, 0.2) is 17.2 Å². The van der Waals surface area contributed by atoms with Crippen LogP contribution in [0, 0.1) is 20.8 Å². The van der Waals surface area contributed by atoms with Crippen LogP contribution in [0.3, 0.4) is 0 Å². The number of rotatable bonds is 6. The quantitative estimate of drug-likeness (QED) is 0.333. The first-order valence-corrected chi connectivity index (χ1v) is 11.3. The number of nitrogen functional groups attached to an aromatic ring is 1. The van der Waals surface area contributed by atoms with Crippen molar-refractivity contribution in [3.63, 3.8) is 0 Å². The van der Waals surface area contributed by atoms with Crippen molar-refractivity contribution in [3.8, 4) is 0 Å². The predicted octanol–water partition coefficient (Wildman–Crippen LogP) is 1.85. The van der Waals surface area contributed by atoms with Gasteiger partial charge in [0, 0.05) is 14.4 Å². The lowest BCUT2D eigenvalue weighted by molar-refractivity contribution is 0.0927. The van der Waals surface area contributed by atoms with Crippen molar-refractivity contribution in [2.45, 2.75) is 32.2 Å². The number of carbonyl (C=O) groups is 1. The van der Waals surface area contributed by atoms with Crippen molar-refractivity contribution in [2.75, 3.05) is 5.73 Å². The van der Waals surface area contributed by atoms with Gasteiger partial charge in [-0.25, -0.2) is 15.0 Å². The highest BCUT2D eigenvalue weighted by Crippen LogP contribution is 2.55. The SMILES string of the molecule is Cc1cc(C)c(C(=O)C(C(PO)P(=O)(O)O)n2cnc3c(N)ncnc32)c(C)c1. The summed E-state index contributed by atoms with van der Waals surface area (Å²) in [5.41, 5.74) is 8.78. The van der Waals surface area contributed by atoms with Crippen LogP contribution in [0.25, 0.3) is 11.2 Å². The first kappa shape index (κ1) is 21.5. The van der Waals surface area contributed by atoms with Crippen LogP contribution in [0.5, 0.6) is 0 Å². The fourth-order valence-electron chi connectivity index (χ4n) is 3.54. The molecule has 1 aromatic carbocycles. The van der Waals surface area contributed by atoms with E-state index in [1.165, 1.54) is 17.2 Å². The molecule has 10 nitrogen and oxygen atoms in total. The smallest absolute Gasteiger partial charge is 0.337 e. The highest BCUT2D eigenvalue weighted by atomic mass is 31.2. The molecule has 2 aromatic heterocycles. The van der Waals surface area contributed by atoms with Crippen molar-refractivity contribution in [3.05, 3.63) is 47.0 Å². The Morgan fingerprint density at radius 1 is 1.17 bits per heavy atom. The minimum atomic E-state index is -4.86. The van der Waals surface area contributed by atoms with E-state index in [-0.39, 0.29) is 17.0 Å². The molecule has 29 heavy (non-hydrogen) atoms. The highest BCUT2D eigenvalue weighted by Gasteiger charge is 2.43. The maximum atomic E-state index is 13.6. The average Bonchev–Trinajstić information content (AvgIpc) is 3.02. The van der Waals surface area contributed by atoms with E-state index in [0.717, 1.165) is 5.56 Å². The second kappa shape index (κ2) is 7.89. The van der Waals surface area contributed by atoms with Gasteiger partial charge in [-0.15, -0.1) is 0 Å². The van der Waals surface area contributed by atoms with Crippen LogP contribution >= 0.6 is 16.4 Å². The summed E-state index contributed by atoms with van der Waals surface area (Å²) in [4.78, 5) is 55.2. The first-order chi connectivity index (χ1) is 13.6. The predicted molar refractivity (Wildman–Crippen MR) is 110 cm³/mol. The number of hydrogen-bond acceptors (Lipinski definition) is 7. The molecule has 0 saturated heterocycles. The molecule has 0 aliphatic carbocycles. The Morgan fingerprint density at radius 2 is 1.79 bits per heavy atom. The van der Waals surface area contributed by atoms with Gasteiger partial charge in [-0.3, -0.25) is 9.36 Å². The normalized spacial score (nSPS) is 14.6. The highest BCUT2D eigenvalue weighted by molar-refractivity contribution is 7.63. The zero-order valence-electron chi connectivity index (χ0n) is 15.9. The van der Waals surface area contributed by atoms with Gasteiger partial charge in [0.1, 0.15) is 23.3 Å². The molecule has 0 bridgehead atoms. The zero-order chi connectivity index (χ0) is 21.5. The first-order valence-electron chi connectivity index (χ1n) is 8.56. The van der Waals surface area contributed by atoms with Gasteiger partial charge >= 0.3 is 7.60 Å². The molecule has 154 valence electrons. The topological polar surface area (TPSA) is 164 Å². The number of nitrogens with zero attached hydrogens (tertiary/aromatic N) is 4. The molecule has 0 fully saturated rings. The molecule has 0 aliphatic rings. The van der Waals surface area contributed by atoms with Crippen molar-refractivity contribution in [1.82, 2.24) is 19.5 Å². The average molecular weight is 437 g/mol. The van der Waals surface area contributed by atoms with Crippen molar-refractivity contribution in [1.29, 1.82) is 0 Å². The Kier molecular flexibility index (Phi) is 5.85. The number of Topliss-reactive ketones (excluding diaryl/α,β-unsaturated/α-hetero) is 1. The van der Waals surface area contributed by atoms with E-state index in [0.29, 0.717) is 16.7 Å². The van der Waals surface area contributed by atoms with Crippen LogP contribution < -0.4 is 5.73 Å². The van der Waals surface area contributed by atoms with E-state index < -0.39 is 33.6 Å². The van der Waals surface area contributed by atoms with Gasteiger partial charge in [0.05, 0.1) is 6.33 Å². The maximum Gasteiger partial charge on any atom is 0.337 e. The van der Waals surface area contributed by atoms with Gasteiger partial charge < -0.3 is 25.0 Å². The van der Waals surface area contributed by atoms with Gasteiger partial charge in [0.2, 0.25) is 0 Å². The van der Waals surface area contributed by atoms with E-state index in [2.05, 4.69) is 15.0 Å².